The zero-order chi connectivity index (χ0) is 26.5. The molecule has 5 fully saturated rings. The highest BCUT2D eigenvalue weighted by molar-refractivity contribution is 5.67. The number of rotatable bonds is 6. The Hall–Kier alpha value is -0.850. The number of carbonyl (C=O) groups is 1. The molecule has 212 valence electrons. The first-order valence-electron chi connectivity index (χ1n) is 15.5. The Morgan fingerprint density at radius 2 is 1.76 bits per heavy atom. The molecule has 0 aromatic carbocycles. The molecule has 3 N–H and O–H groups in total. The first-order chi connectivity index (χ1) is 17.6. The maximum Gasteiger partial charge on any atom is 0.409 e. The summed E-state index contributed by atoms with van der Waals surface area (Å²) < 4.78 is 5.68. The Morgan fingerprint density at radius 1 is 1.03 bits per heavy atom. The molecule has 1 heterocycles. The Kier molecular flexibility index (Phi) is 7.95. The largest absolute Gasteiger partial charge is 0.449 e. The molecule has 6 nitrogen and oxygen atoms in total. The van der Waals surface area contributed by atoms with Crippen molar-refractivity contribution in [2.45, 2.75) is 104 Å². The van der Waals surface area contributed by atoms with Crippen LogP contribution in [0.2, 0.25) is 0 Å². The second-order valence-corrected chi connectivity index (χ2v) is 14.3. The van der Waals surface area contributed by atoms with Crippen LogP contribution < -0.4 is 0 Å². The summed E-state index contributed by atoms with van der Waals surface area (Å²) in [6, 6.07) is 0. The van der Waals surface area contributed by atoms with Gasteiger partial charge in [0.1, 0.15) is 0 Å². The SMILES string of the molecule is CC[C@H]1[C@@H](O)C2C3CC[C@H]([C@H](C)CCOC(=O)N4CC[C@H](CO)C4)[C@@]3(C)CC[C@@H]2[C@@]2(C)CC[C@@H](O)C[C@@H]12. The number of amides is 1. The predicted octanol–water partition coefficient (Wildman–Crippen LogP) is 5.09. The van der Waals surface area contributed by atoms with Crippen LogP contribution in [0, 0.1) is 58.2 Å². The molecule has 0 aromatic heterocycles. The first-order valence-corrected chi connectivity index (χ1v) is 15.5. The standard InChI is InChI=1S/C31H53NO5/c1-5-22-26-16-21(34)8-12-31(26,4)25-9-13-30(3)23(6-7-24(30)27(25)28(22)35)19(2)11-15-37-29(36)32-14-10-20(17-32)18-33/h19-28,33-35H,5-18H2,1-4H3/t19-,20+,21-,22-,23-,24?,25+,26+,27?,28-,30-,31-/m1/s1. The highest BCUT2D eigenvalue weighted by Gasteiger charge is 2.64. The van der Waals surface area contributed by atoms with Gasteiger partial charge in [0.15, 0.2) is 0 Å². The Morgan fingerprint density at radius 3 is 2.46 bits per heavy atom. The molecule has 1 saturated heterocycles. The number of nitrogens with zero attached hydrogens (tertiary/aromatic N) is 1. The number of likely N-dealkylation sites (tertiary alicyclic amines) is 1. The normalized spacial score (nSPS) is 48.2. The number of fused-ring (bicyclic) bond motifs is 5. The number of ether oxygens (including phenoxy) is 1. The summed E-state index contributed by atoms with van der Waals surface area (Å²) in [5.74, 6) is 3.54. The molecule has 12 atom stereocenters. The minimum absolute atomic E-state index is 0.138. The third kappa shape index (κ3) is 4.65. The van der Waals surface area contributed by atoms with Crippen molar-refractivity contribution in [2.24, 2.45) is 58.2 Å². The molecule has 6 heteroatoms. The minimum Gasteiger partial charge on any atom is -0.449 e. The quantitative estimate of drug-likeness (QED) is 0.455. The number of carbonyl (C=O) groups excluding carboxylic acids is 1. The number of aliphatic hydroxyl groups excluding tert-OH is 3. The second-order valence-electron chi connectivity index (χ2n) is 14.3. The third-order valence-electron chi connectivity index (χ3n) is 12.8. The van der Waals surface area contributed by atoms with E-state index in [2.05, 4.69) is 27.7 Å². The van der Waals surface area contributed by atoms with E-state index in [4.69, 9.17) is 4.74 Å². The van der Waals surface area contributed by atoms with Crippen molar-refractivity contribution in [3.8, 4) is 0 Å². The Bertz CT molecular complexity index is 821. The van der Waals surface area contributed by atoms with Crippen LogP contribution in [-0.2, 0) is 4.74 Å². The lowest BCUT2D eigenvalue weighted by Crippen LogP contribution is -2.62. The minimum atomic E-state index is -0.249. The van der Waals surface area contributed by atoms with Crippen LogP contribution >= 0.6 is 0 Å². The van der Waals surface area contributed by atoms with Gasteiger partial charge in [-0.15, -0.1) is 0 Å². The first kappa shape index (κ1) is 27.7. The van der Waals surface area contributed by atoms with Gasteiger partial charge in [0.05, 0.1) is 18.8 Å². The number of hydrogen-bond acceptors (Lipinski definition) is 5. The summed E-state index contributed by atoms with van der Waals surface area (Å²) in [7, 11) is 0. The van der Waals surface area contributed by atoms with Crippen molar-refractivity contribution in [3.63, 3.8) is 0 Å². The summed E-state index contributed by atoms with van der Waals surface area (Å²) in [6.45, 7) is 11.5. The van der Waals surface area contributed by atoms with Crippen LogP contribution in [0.15, 0.2) is 0 Å². The average Bonchev–Trinajstić information content (AvgIpc) is 3.50. The van der Waals surface area contributed by atoms with Gasteiger partial charge in [-0.2, -0.15) is 0 Å². The van der Waals surface area contributed by atoms with Gasteiger partial charge in [-0.1, -0.05) is 34.1 Å². The van der Waals surface area contributed by atoms with Gasteiger partial charge < -0.3 is 25.0 Å². The fourth-order valence-corrected chi connectivity index (χ4v) is 10.7. The third-order valence-corrected chi connectivity index (χ3v) is 12.8. The number of aliphatic hydroxyl groups is 3. The Labute approximate surface area is 224 Å². The van der Waals surface area contributed by atoms with Gasteiger partial charge in [0, 0.05) is 25.6 Å². The van der Waals surface area contributed by atoms with Gasteiger partial charge in [-0.25, -0.2) is 4.79 Å². The molecule has 37 heavy (non-hydrogen) atoms. The van der Waals surface area contributed by atoms with Crippen molar-refractivity contribution >= 4 is 6.09 Å². The molecule has 0 radical (unpaired) electrons. The molecular formula is C31H53NO5. The fraction of sp³-hybridized carbons (Fsp3) is 0.968. The smallest absolute Gasteiger partial charge is 0.409 e. The highest BCUT2D eigenvalue weighted by Crippen LogP contribution is 2.69. The van der Waals surface area contributed by atoms with Crippen LogP contribution in [-0.4, -0.2) is 64.8 Å². The predicted molar refractivity (Wildman–Crippen MR) is 144 cm³/mol. The van der Waals surface area contributed by atoms with Crippen LogP contribution in [0.4, 0.5) is 4.79 Å². The van der Waals surface area contributed by atoms with E-state index in [1.807, 2.05) is 0 Å². The maximum atomic E-state index is 12.5. The van der Waals surface area contributed by atoms with E-state index in [0.717, 1.165) is 38.5 Å². The van der Waals surface area contributed by atoms with Crippen molar-refractivity contribution in [1.29, 1.82) is 0 Å². The second kappa shape index (κ2) is 10.6. The average molecular weight is 520 g/mol. The van der Waals surface area contributed by atoms with Crippen molar-refractivity contribution < 1.29 is 24.9 Å². The van der Waals surface area contributed by atoms with Crippen LogP contribution in [0.5, 0.6) is 0 Å². The summed E-state index contributed by atoms with van der Waals surface area (Å²) in [6.07, 6.45) is 9.83. The van der Waals surface area contributed by atoms with E-state index in [9.17, 15) is 20.1 Å². The molecule has 5 aliphatic rings. The lowest BCUT2D eigenvalue weighted by Gasteiger charge is -2.64. The van der Waals surface area contributed by atoms with E-state index >= 15 is 0 Å². The molecule has 1 aliphatic heterocycles. The topological polar surface area (TPSA) is 90.2 Å². The molecule has 1 amide bonds. The molecule has 5 rings (SSSR count). The number of hydrogen-bond donors (Lipinski definition) is 3. The van der Waals surface area contributed by atoms with Gasteiger partial charge >= 0.3 is 6.09 Å². The van der Waals surface area contributed by atoms with E-state index < -0.39 is 0 Å². The summed E-state index contributed by atoms with van der Waals surface area (Å²) in [4.78, 5) is 14.2. The molecule has 2 unspecified atom stereocenters. The zero-order valence-electron chi connectivity index (χ0n) is 23.8. The van der Waals surface area contributed by atoms with Gasteiger partial charge in [0.25, 0.3) is 0 Å². The molecule has 4 aliphatic carbocycles. The van der Waals surface area contributed by atoms with E-state index in [1.54, 1.807) is 4.90 Å². The fourth-order valence-electron chi connectivity index (χ4n) is 10.7. The van der Waals surface area contributed by atoms with Crippen LogP contribution in [0.25, 0.3) is 0 Å². The summed E-state index contributed by atoms with van der Waals surface area (Å²) >= 11 is 0. The molecular weight excluding hydrogens is 466 g/mol. The zero-order valence-corrected chi connectivity index (χ0v) is 23.8. The molecule has 4 saturated carbocycles. The van der Waals surface area contributed by atoms with Crippen molar-refractivity contribution in [3.05, 3.63) is 0 Å². The molecule has 0 spiro atoms. The molecule has 0 bridgehead atoms. The van der Waals surface area contributed by atoms with Crippen LogP contribution in [0.1, 0.15) is 91.9 Å². The van der Waals surface area contributed by atoms with E-state index in [-0.39, 0.29) is 41.7 Å². The maximum absolute atomic E-state index is 12.5. The van der Waals surface area contributed by atoms with Crippen molar-refractivity contribution in [2.75, 3.05) is 26.3 Å². The summed E-state index contributed by atoms with van der Waals surface area (Å²) in [5, 5.41) is 31.7. The highest BCUT2D eigenvalue weighted by atomic mass is 16.6. The van der Waals surface area contributed by atoms with Crippen LogP contribution in [0.3, 0.4) is 0 Å². The summed E-state index contributed by atoms with van der Waals surface area (Å²) in [5.41, 5.74) is 0.484. The lowest BCUT2D eigenvalue weighted by atomic mass is 9.41. The Balaban J connectivity index is 1.24. The monoisotopic (exact) mass is 519 g/mol. The van der Waals surface area contributed by atoms with E-state index in [1.165, 1.54) is 25.7 Å². The van der Waals surface area contributed by atoms with Crippen molar-refractivity contribution in [1.82, 2.24) is 4.90 Å². The van der Waals surface area contributed by atoms with Gasteiger partial charge in [-0.05, 0) is 110 Å². The van der Waals surface area contributed by atoms with E-state index in [0.29, 0.717) is 61.1 Å². The lowest BCUT2D eigenvalue weighted by molar-refractivity contribution is -0.203. The van der Waals surface area contributed by atoms with Gasteiger partial charge in [0.2, 0.25) is 0 Å². The van der Waals surface area contributed by atoms with Gasteiger partial charge in [-0.3, -0.25) is 0 Å². The molecule has 0 aromatic rings.